The number of hydrogen-bond donors (Lipinski definition) is 1. The lowest BCUT2D eigenvalue weighted by Gasteiger charge is -2.22. The lowest BCUT2D eigenvalue weighted by atomic mass is 10.3. The first-order valence-corrected chi connectivity index (χ1v) is 7.30. The van der Waals surface area contributed by atoms with Crippen molar-refractivity contribution in [1.29, 1.82) is 0 Å². The minimum Gasteiger partial charge on any atom is -0.357 e. The number of aliphatic imine (C=N–C) groups is 1. The van der Waals surface area contributed by atoms with Gasteiger partial charge >= 0.3 is 0 Å². The molecule has 6 heteroatoms. The van der Waals surface area contributed by atoms with Crippen LogP contribution in [-0.2, 0) is 27.2 Å². The molecule has 0 bridgehead atoms. The van der Waals surface area contributed by atoms with Crippen molar-refractivity contribution < 1.29 is 0 Å². The molecule has 2 rings (SSSR count). The maximum absolute atomic E-state index is 4.72. The molecule has 2 heterocycles. The van der Waals surface area contributed by atoms with E-state index in [0.717, 1.165) is 19.0 Å². The Balaban J connectivity index is 0.00000242. The number of nitrogens with zero attached hydrogens (tertiary/aromatic N) is 4. The monoisotopic (exact) mass is 415 g/mol. The summed E-state index contributed by atoms with van der Waals surface area (Å²) >= 11 is 0. The Morgan fingerprint density at radius 1 is 1.27 bits per heavy atom. The molecular formula is C16H26IN5. The van der Waals surface area contributed by atoms with Gasteiger partial charge in [-0.05, 0) is 30.7 Å². The molecule has 0 aromatic carbocycles. The Labute approximate surface area is 150 Å². The zero-order chi connectivity index (χ0) is 15.2. The van der Waals surface area contributed by atoms with Crippen LogP contribution in [0.15, 0.2) is 41.8 Å². The summed E-state index contributed by atoms with van der Waals surface area (Å²) < 4.78 is 4.18. The van der Waals surface area contributed by atoms with E-state index in [9.17, 15) is 0 Å². The number of rotatable bonds is 5. The van der Waals surface area contributed by atoms with Crippen molar-refractivity contribution >= 4 is 29.9 Å². The van der Waals surface area contributed by atoms with Gasteiger partial charge in [0, 0.05) is 52.0 Å². The predicted octanol–water partition coefficient (Wildman–Crippen LogP) is 2.58. The average molecular weight is 415 g/mol. The van der Waals surface area contributed by atoms with Gasteiger partial charge in [0.15, 0.2) is 5.96 Å². The van der Waals surface area contributed by atoms with Crippen LogP contribution in [0.4, 0.5) is 0 Å². The highest BCUT2D eigenvalue weighted by molar-refractivity contribution is 14.0. The highest BCUT2D eigenvalue weighted by Gasteiger charge is 2.08. The summed E-state index contributed by atoms with van der Waals surface area (Å²) in [4.78, 5) is 6.87. The fourth-order valence-corrected chi connectivity index (χ4v) is 2.27. The van der Waals surface area contributed by atoms with E-state index in [1.807, 2.05) is 17.8 Å². The molecule has 0 radical (unpaired) electrons. The van der Waals surface area contributed by atoms with Crippen LogP contribution in [0.1, 0.15) is 18.2 Å². The zero-order valence-electron chi connectivity index (χ0n) is 13.8. The largest absolute Gasteiger partial charge is 0.357 e. The lowest BCUT2D eigenvalue weighted by Crippen LogP contribution is -2.38. The molecule has 0 saturated heterocycles. The van der Waals surface area contributed by atoms with E-state index < -0.39 is 0 Å². The number of hydrogen-bond acceptors (Lipinski definition) is 1. The number of aryl methyl sites for hydroxylation is 2. The van der Waals surface area contributed by atoms with Crippen LogP contribution in [0.25, 0.3) is 0 Å². The zero-order valence-corrected chi connectivity index (χ0v) is 16.1. The minimum atomic E-state index is 0. The van der Waals surface area contributed by atoms with Crippen molar-refractivity contribution in [2.24, 2.45) is 19.1 Å². The van der Waals surface area contributed by atoms with Crippen LogP contribution in [-0.4, -0.2) is 33.6 Å². The standard InChI is InChI=1S/C16H25N5.HI/c1-5-17-16(18-11-14-8-10-19(2)12-14)21(4)13-15-7-6-9-20(15)3;/h6-10,12H,5,11,13H2,1-4H3,(H,17,18);1H. The van der Waals surface area contributed by atoms with E-state index in [-0.39, 0.29) is 24.0 Å². The third kappa shape index (κ3) is 5.08. The van der Waals surface area contributed by atoms with Crippen LogP contribution < -0.4 is 5.32 Å². The Morgan fingerprint density at radius 3 is 2.59 bits per heavy atom. The molecule has 0 aliphatic carbocycles. The third-order valence-electron chi connectivity index (χ3n) is 3.45. The predicted molar refractivity (Wildman–Crippen MR) is 103 cm³/mol. The van der Waals surface area contributed by atoms with Crippen molar-refractivity contribution in [2.45, 2.75) is 20.0 Å². The van der Waals surface area contributed by atoms with E-state index >= 15 is 0 Å². The van der Waals surface area contributed by atoms with Gasteiger partial charge in [-0.25, -0.2) is 4.99 Å². The molecule has 0 saturated carbocycles. The molecule has 0 aliphatic heterocycles. The van der Waals surface area contributed by atoms with E-state index in [2.05, 4.69) is 66.4 Å². The molecule has 22 heavy (non-hydrogen) atoms. The minimum absolute atomic E-state index is 0. The van der Waals surface area contributed by atoms with E-state index in [1.54, 1.807) is 0 Å². The van der Waals surface area contributed by atoms with Gasteiger partial charge in [-0.3, -0.25) is 0 Å². The Hall–Kier alpha value is -1.44. The first-order valence-electron chi connectivity index (χ1n) is 7.30. The van der Waals surface area contributed by atoms with Gasteiger partial charge in [0.2, 0.25) is 0 Å². The maximum atomic E-state index is 4.72. The van der Waals surface area contributed by atoms with Crippen molar-refractivity contribution in [1.82, 2.24) is 19.4 Å². The summed E-state index contributed by atoms with van der Waals surface area (Å²) in [6, 6.07) is 6.30. The Bertz CT molecular complexity index is 599. The highest BCUT2D eigenvalue weighted by Crippen LogP contribution is 2.06. The van der Waals surface area contributed by atoms with Gasteiger partial charge < -0.3 is 19.4 Å². The molecule has 2 aromatic rings. The van der Waals surface area contributed by atoms with Crippen LogP contribution >= 0.6 is 24.0 Å². The van der Waals surface area contributed by atoms with Crippen molar-refractivity contribution in [2.75, 3.05) is 13.6 Å². The smallest absolute Gasteiger partial charge is 0.194 e. The summed E-state index contributed by atoms with van der Waals surface area (Å²) in [5.41, 5.74) is 2.49. The summed E-state index contributed by atoms with van der Waals surface area (Å²) in [5, 5.41) is 3.35. The normalized spacial score (nSPS) is 11.2. The topological polar surface area (TPSA) is 37.5 Å². The maximum Gasteiger partial charge on any atom is 0.194 e. The third-order valence-corrected chi connectivity index (χ3v) is 3.45. The summed E-state index contributed by atoms with van der Waals surface area (Å²) in [6.45, 7) is 4.49. The highest BCUT2D eigenvalue weighted by atomic mass is 127. The summed E-state index contributed by atoms with van der Waals surface area (Å²) in [7, 11) is 6.16. The SMILES string of the molecule is CCNC(=NCc1ccn(C)c1)N(C)Cc1cccn1C.I. The number of aromatic nitrogens is 2. The Kier molecular flexibility index (Phi) is 7.50. The van der Waals surface area contributed by atoms with Gasteiger partial charge in [-0.15, -0.1) is 24.0 Å². The van der Waals surface area contributed by atoms with Gasteiger partial charge in [0.05, 0.1) is 13.1 Å². The molecule has 0 unspecified atom stereocenters. The van der Waals surface area contributed by atoms with Gasteiger partial charge in [-0.2, -0.15) is 0 Å². The van der Waals surface area contributed by atoms with E-state index in [4.69, 9.17) is 4.99 Å². The van der Waals surface area contributed by atoms with Crippen molar-refractivity contribution in [3.8, 4) is 0 Å². The molecule has 0 amide bonds. The lowest BCUT2D eigenvalue weighted by molar-refractivity contribution is 0.462. The number of halogens is 1. The molecule has 122 valence electrons. The van der Waals surface area contributed by atoms with Crippen LogP contribution in [0.3, 0.4) is 0 Å². The molecule has 1 N–H and O–H groups in total. The van der Waals surface area contributed by atoms with Crippen molar-refractivity contribution in [3.63, 3.8) is 0 Å². The Morgan fingerprint density at radius 2 is 2.05 bits per heavy atom. The first-order chi connectivity index (χ1) is 10.1. The molecule has 0 spiro atoms. The van der Waals surface area contributed by atoms with Gasteiger partial charge in [-0.1, -0.05) is 0 Å². The second-order valence-corrected chi connectivity index (χ2v) is 5.32. The summed E-state index contributed by atoms with van der Waals surface area (Å²) in [6.07, 6.45) is 6.22. The molecule has 0 atom stereocenters. The average Bonchev–Trinajstić information content (AvgIpc) is 3.04. The fraction of sp³-hybridized carbons (Fsp3) is 0.438. The van der Waals surface area contributed by atoms with Gasteiger partial charge in [0.1, 0.15) is 0 Å². The number of guanidine groups is 1. The quantitative estimate of drug-likeness (QED) is 0.463. The number of nitrogens with one attached hydrogen (secondary N) is 1. The van der Waals surface area contributed by atoms with Crippen molar-refractivity contribution in [3.05, 3.63) is 48.0 Å². The van der Waals surface area contributed by atoms with Crippen LogP contribution in [0.2, 0.25) is 0 Å². The van der Waals surface area contributed by atoms with E-state index in [0.29, 0.717) is 6.54 Å². The molecule has 0 aliphatic rings. The van der Waals surface area contributed by atoms with Crippen LogP contribution in [0.5, 0.6) is 0 Å². The van der Waals surface area contributed by atoms with Crippen LogP contribution in [0, 0.1) is 0 Å². The van der Waals surface area contributed by atoms with E-state index in [1.165, 1.54) is 11.3 Å². The first kappa shape index (κ1) is 18.6. The molecule has 2 aromatic heterocycles. The fourth-order valence-electron chi connectivity index (χ4n) is 2.27. The second-order valence-electron chi connectivity index (χ2n) is 5.32. The summed E-state index contributed by atoms with van der Waals surface area (Å²) in [5.74, 6) is 0.933. The molecule has 0 fully saturated rings. The second kappa shape index (κ2) is 8.87. The molecular weight excluding hydrogens is 389 g/mol. The molecule has 5 nitrogen and oxygen atoms in total. The van der Waals surface area contributed by atoms with Gasteiger partial charge in [0.25, 0.3) is 0 Å².